The van der Waals surface area contributed by atoms with Crippen molar-refractivity contribution in [1.82, 2.24) is 4.90 Å². The van der Waals surface area contributed by atoms with Gasteiger partial charge < -0.3 is 10.6 Å². The molecule has 1 unspecified atom stereocenters. The van der Waals surface area contributed by atoms with Crippen molar-refractivity contribution in [3.8, 4) is 0 Å². The Morgan fingerprint density at radius 3 is 2.66 bits per heavy atom. The van der Waals surface area contributed by atoms with Gasteiger partial charge in [-0.15, -0.1) is 0 Å². The number of hydrogen-bond acceptors (Lipinski definition) is 3. The van der Waals surface area contributed by atoms with Gasteiger partial charge in [0.15, 0.2) is 5.78 Å². The van der Waals surface area contributed by atoms with Crippen molar-refractivity contribution in [2.75, 3.05) is 6.54 Å². The fourth-order valence-corrected chi connectivity index (χ4v) is 4.89. The molecule has 29 heavy (non-hydrogen) atoms. The van der Waals surface area contributed by atoms with Gasteiger partial charge in [0.1, 0.15) is 6.04 Å². The van der Waals surface area contributed by atoms with Gasteiger partial charge in [-0.25, -0.2) is 0 Å². The highest BCUT2D eigenvalue weighted by Gasteiger charge is 2.43. The predicted octanol–water partition coefficient (Wildman–Crippen LogP) is 3.09. The Balaban J connectivity index is 1.85. The molecule has 1 aliphatic heterocycles. The van der Waals surface area contributed by atoms with Crippen molar-refractivity contribution < 1.29 is 14.4 Å². The molecule has 149 valence electrons. The van der Waals surface area contributed by atoms with Crippen LogP contribution in [-0.4, -0.2) is 29.0 Å². The molecule has 4 rings (SSSR count). The van der Waals surface area contributed by atoms with Crippen LogP contribution >= 0.6 is 0 Å². The molecular formula is C24H25N2O3. The van der Waals surface area contributed by atoms with E-state index in [1.165, 1.54) is 0 Å². The lowest BCUT2D eigenvalue weighted by Crippen LogP contribution is -2.46. The molecule has 0 saturated heterocycles. The van der Waals surface area contributed by atoms with Gasteiger partial charge in [0, 0.05) is 23.1 Å². The number of Topliss-reactive ketones (excluding diaryl/α,β-unsaturated/α-hetero) is 1. The van der Waals surface area contributed by atoms with Crippen molar-refractivity contribution in [3.63, 3.8) is 0 Å². The number of carbonyl (C=O) groups is 3. The van der Waals surface area contributed by atoms with E-state index in [1.54, 1.807) is 11.0 Å². The monoisotopic (exact) mass is 389 g/mol. The summed E-state index contributed by atoms with van der Waals surface area (Å²) in [5.74, 6) is -0.708. The Kier molecular flexibility index (Phi) is 4.37. The van der Waals surface area contributed by atoms with Crippen LogP contribution in [0.25, 0.3) is 0 Å². The van der Waals surface area contributed by atoms with Crippen LogP contribution in [0.1, 0.15) is 68.4 Å². The predicted molar refractivity (Wildman–Crippen MR) is 110 cm³/mol. The largest absolute Gasteiger partial charge is 0.368 e. The molecule has 0 aromatic heterocycles. The highest BCUT2D eigenvalue weighted by molar-refractivity contribution is 6.10. The molecule has 5 heteroatoms. The Morgan fingerprint density at radius 2 is 1.97 bits per heavy atom. The molecule has 5 nitrogen and oxygen atoms in total. The first kappa shape index (κ1) is 19.4. The van der Waals surface area contributed by atoms with Crippen LogP contribution in [0.4, 0.5) is 0 Å². The number of carbonyl (C=O) groups excluding carboxylic acids is 3. The minimum absolute atomic E-state index is 0.0741. The van der Waals surface area contributed by atoms with E-state index < -0.39 is 17.4 Å². The van der Waals surface area contributed by atoms with Crippen molar-refractivity contribution in [2.45, 2.75) is 46.6 Å². The van der Waals surface area contributed by atoms with Crippen molar-refractivity contribution in [2.24, 2.45) is 11.1 Å². The topological polar surface area (TPSA) is 80.5 Å². The van der Waals surface area contributed by atoms with Gasteiger partial charge in [-0.3, -0.25) is 14.4 Å². The summed E-state index contributed by atoms with van der Waals surface area (Å²) in [6, 6.07) is 9.50. The molecule has 2 N–H and O–H groups in total. The standard InChI is InChI=1S/C24H25N2O3/c1-13-11-14(2)19(17-12-24(3,4)21(27)18(13)17)23(29)26-10-9-15-7-5-6-8-16(15)20(26)22(25)28/h6-8,11,20H,9-10,12H2,1-4H3,(H2,25,28). The third kappa shape index (κ3) is 2.87. The van der Waals surface area contributed by atoms with E-state index in [-0.39, 0.29) is 11.7 Å². The number of ketones is 1. The molecule has 2 aromatic carbocycles. The summed E-state index contributed by atoms with van der Waals surface area (Å²) in [7, 11) is 0. The molecule has 0 spiro atoms. The number of aryl methyl sites for hydroxylation is 2. The maximum atomic E-state index is 13.7. The van der Waals surface area contributed by atoms with Crippen LogP contribution in [0.3, 0.4) is 0 Å². The lowest BCUT2D eigenvalue weighted by atomic mass is 9.88. The lowest BCUT2D eigenvalue weighted by Gasteiger charge is -2.36. The normalized spacial score (nSPS) is 19.7. The summed E-state index contributed by atoms with van der Waals surface area (Å²) in [4.78, 5) is 40.6. The highest BCUT2D eigenvalue weighted by Crippen LogP contribution is 2.42. The summed E-state index contributed by atoms with van der Waals surface area (Å²) >= 11 is 0. The second-order valence-electron chi connectivity index (χ2n) is 8.81. The van der Waals surface area contributed by atoms with Crippen LogP contribution in [0.2, 0.25) is 0 Å². The van der Waals surface area contributed by atoms with Crippen LogP contribution in [-0.2, 0) is 17.6 Å². The van der Waals surface area contributed by atoms with Crippen molar-refractivity contribution in [1.29, 1.82) is 0 Å². The van der Waals surface area contributed by atoms with Crippen LogP contribution in [0.15, 0.2) is 24.3 Å². The first-order chi connectivity index (χ1) is 13.6. The Morgan fingerprint density at radius 1 is 1.24 bits per heavy atom. The number of benzene rings is 2. The Hall–Kier alpha value is -2.95. The van der Waals surface area contributed by atoms with Crippen molar-refractivity contribution in [3.05, 3.63) is 69.3 Å². The average Bonchev–Trinajstić information content (AvgIpc) is 2.89. The smallest absolute Gasteiger partial charge is 0.255 e. The molecule has 1 radical (unpaired) electrons. The average molecular weight is 389 g/mol. The molecule has 2 aliphatic rings. The Labute approximate surface area is 170 Å². The maximum absolute atomic E-state index is 13.7. The van der Waals surface area contributed by atoms with E-state index in [1.807, 2.05) is 45.9 Å². The number of primary amides is 1. The number of nitrogens with two attached hydrogens (primary N) is 1. The van der Waals surface area contributed by atoms with Gasteiger partial charge in [-0.2, -0.15) is 0 Å². The first-order valence-electron chi connectivity index (χ1n) is 9.90. The van der Waals surface area contributed by atoms with Crippen LogP contribution in [0.5, 0.6) is 0 Å². The molecule has 2 amide bonds. The Bertz CT molecular complexity index is 1070. The third-order valence-electron chi connectivity index (χ3n) is 6.25. The fraction of sp³-hybridized carbons (Fsp3) is 0.375. The van der Waals surface area contributed by atoms with Gasteiger partial charge in [0.2, 0.25) is 5.91 Å². The highest BCUT2D eigenvalue weighted by atomic mass is 16.2. The minimum atomic E-state index is -0.817. The number of hydrogen-bond donors (Lipinski definition) is 1. The molecular weight excluding hydrogens is 364 g/mol. The van der Waals surface area contributed by atoms with Gasteiger partial charge >= 0.3 is 0 Å². The lowest BCUT2D eigenvalue weighted by molar-refractivity contribution is -0.123. The van der Waals surface area contributed by atoms with Crippen LogP contribution < -0.4 is 5.73 Å². The summed E-state index contributed by atoms with van der Waals surface area (Å²) < 4.78 is 0. The molecule has 1 aliphatic carbocycles. The van der Waals surface area contributed by atoms with E-state index >= 15 is 0 Å². The molecule has 1 heterocycles. The summed E-state index contributed by atoms with van der Waals surface area (Å²) in [5, 5.41) is 0. The minimum Gasteiger partial charge on any atom is -0.368 e. The molecule has 0 bridgehead atoms. The van der Waals surface area contributed by atoms with E-state index in [0.717, 1.165) is 27.8 Å². The molecule has 2 aromatic rings. The number of amides is 2. The summed E-state index contributed by atoms with van der Waals surface area (Å²) in [5.41, 5.74) is 10.7. The van der Waals surface area contributed by atoms with E-state index in [9.17, 15) is 14.4 Å². The fourth-order valence-electron chi connectivity index (χ4n) is 4.89. The number of rotatable bonds is 2. The molecule has 0 fully saturated rings. The quantitative estimate of drug-likeness (QED) is 0.857. The number of fused-ring (bicyclic) bond motifs is 2. The second kappa shape index (κ2) is 6.55. The zero-order valence-corrected chi connectivity index (χ0v) is 17.3. The van der Waals surface area contributed by atoms with E-state index in [2.05, 4.69) is 6.07 Å². The zero-order valence-electron chi connectivity index (χ0n) is 17.3. The third-order valence-corrected chi connectivity index (χ3v) is 6.25. The molecule has 0 saturated carbocycles. The zero-order chi connectivity index (χ0) is 21.1. The SMILES string of the molecule is Cc1cc(C)c2c(c1C(=O)N1CCc3c[c]ccc3C1C(N)=O)CC(C)(C)C2=O. The van der Waals surface area contributed by atoms with Crippen molar-refractivity contribution >= 4 is 17.6 Å². The van der Waals surface area contributed by atoms with E-state index in [4.69, 9.17) is 5.73 Å². The summed E-state index contributed by atoms with van der Waals surface area (Å²) in [6.45, 7) is 8.04. The molecule has 1 atom stereocenters. The van der Waals surface area contributed by atoms with Gasteiger partial charge in [-0.1, -0.05) is 38.1 Å². The van der Waals surface area contributed by atoms with Gasteiger partial charge in [0.05, 0.1) is 0 Å². The van der Waals surface area contributed by atoms with E-state index in [0.29, 0.717) is 30.5 Å². The van der Waals surface area contributed by atoms with Gasteiger partial charge in [-0.05, 0) is 60.6 Å². The first-order valence-corrected chi connectivity index (χ1v) is 9.90. The van der Waals surface area contributed by atoms with Crippen LogP contribution in [0, 0.1) is 25.3 Å². The summed E-state index contributed by atoms with van der Waals surface area (Å²) in [6.07, 6.45) is 1.16. The number of nitrogens with zero attached hydrogens (tertiary/aromatic N) is 1. The maximum Gasteiger partial charge on any atom is 0.255 e. The van der Waals surface area contributed by atoms with Gasteiger partial charge in [0.25, 0.3) is 5.91 Å². The second-order valence-corrected chi connectivity index (χ2v) is 8.81.